The molecular formula is C27H32N2O5. The second-order valence-corrected chi connectivity index (χ2v) is 9.64. The molecule has 2 aromatic carbocycles. The number of carbonyl (C=O) groups is 3. The number of carbonyl (C=O) groups excluding carboxylic acids is 2. The molecule has 3 N–H and O–H groups in total. The van der Waals surface area contributed by atoms with E-state index in [-0.39, 0.29) is 42.9 Å². The Kier molecular flexibility index (Phi) is 7.20. The Morgan fingerprint density at radius 2 is 1.62 bits per heavy atom. The standard InChI is InChI=1S/C27H32N2O5/c1-16(2)24(14-25(30)28-18-12-11-17(13-18)26(31)32)29-27(33)34-15-23-21-9-5-3-7-19(21)20-8-4-6-10-22(20)23/h3-10,16-18,23-24H,11-15H2,1-2H3,(H,28,30)(H,29,33)(H,31,32)/t17?,18?,24-/m1/s1. The second-order valence-electron chi connectivity index (χ2n) is 9.64. The van der Waals surface area contributed by atoms with E-state index in [0.717, 1.165) is 11.1 Å². The highest BCUT2D eigenvalue weighted by Gasteiger charge is 2.32. The van der Waals surface area contributed by atoms with Crippen LogP contribution in [-0.4, -0.2) is 41.8 Å². The van der Waals surface area contributed by atoms with Crippen molar-refractivity contribution in [2.24, 2.45) is 11.8 Å². The molecule has 0 bridgehead atoms. The molecule has 0 aliphatic heterocycles. The normalized spacial score (nSPS) is 19.9. The maximum absolute atomic E-state index is 12.7. The molecule has 2 amide bonds. The monoisotopic (exact) mass is 464 g/mol. The summed E-state index contributed by atoms with van der Waals surface area (Å²) in [6, 6.07) is 15.8. The van der Waals surface area contributed by atoms with Crippen molar-refractivity contribution < 1.29 is 24.2 Å². The molecule has 2 aliphatic rings. The van der Waals surface area contributed by atoms with E-state index in [2.05, 4.69) is 34.9 Å². The fourth-order valence-electron chi connectivity index (χ4n) is 5.07. The first kappa shape index (κ1) is 23.8. The highest BCUT2D eigenvalue weighted by Crippen LogP contribution is 2.44. The van der Waals surface area contributed by atoms with Crippen LogP contribution in [0.3, 0.4) is 0 Å². The average Bonchev–Trinajstić information content (AvgIpc) is 3.40. The maximum atomic E-state index is 12.7. The SMILES string of the molecule is CC(C)[C@@H](CC(=O)NC1CCC(C(=O)O)C1)NC(=O)OCC1c2ccccc2-c2ccccc21. The molecule has 2 aliphatic carbocycles. The third kappa shape index (κ3) is 5.24. The Morgan fingerprint density at radius 3 is 2.18 bits per heavy atom. The summed E-state index contributed by atoms with van der Waals surface area (Å²) < 4.78 is 5.63. The molecule has 7 heteroatoms. The van der Waals surface area contributed by atoms with Crippen molar-refractivity contribution >= 4 is 18.0 Å². The second kappa shape index (κ2) is 10.3. The molecular weight excluding hydrogens is 432 g/mol. The van der Waals surface area contributed by atoms with Gasteiger partial charge in [-0.3, -0.25) is 9.59 Å². The molecule has 0 radical (unpaired) electrons. The molecule has 0 aromatic heterocycles. The molecule has 1 saturated carbocycles. The number of ether oxygens (including phenoxy) is 1. The summed E-state index contributed by atoms with van der Waals surface area (Å²) in [4.78, 5) is 36.4. The summed E-state index contributed by atoms with van der Waals surface area (Å²) in [5, 5.41) is 14.9. The summed E-state index contributed by atoms with van der Waals surface area (Å²) in [6.07, 6.45) is 1.27. The number of aliphatic carboxylic acids is 1. The number of alkyl carbamates (subject to hydrolysis) is 1. The van der Waals surface area contributed by atoms with Gasteiger partial charge >= 0.3 is 12.1 Å². The van der Waals surface area contributed by atoms with Crippen LogP contribution in [0.25, 0.3) is 11.1 Å². The van der Waals surface area contributed by atoms with E-state index >= 15 is 0 Å². The van der Waals surface area contributed by atoms with Gasteiger partial charge in [-0.15, -0.1) is 0 Å². The van der Waals surface area contributed by atoms with Crippen molar-refractivity contribution in [3.05, 3.63) is 59.7 Å². The quantitative estimate of drug-likeness (QED) is 0.540. The number of benzene rings is 2. The van der Waals surface area contributed by atoms with E-state index in [1.54, 1.807) is 0 Å². The van der Waals surface area contributed by atoms with Crippen molar-refractivity contribution in [1.82, 2.24) is 10.6 Å². The van der Waals surface area contributed by atoms with Gasteiger partial charge in [0.1, 0.15) is 6.61 Å². The smallest absolute Gasteiger partial charge is 0.407 e. The summed E-state index contributed by atoms with van der Waals surface area (Å²) in [7, 11) is 0. The van der Waals surface area contributed by atoms with Gasteiger partial charge < -0.3 is 20.5 Å². The maximum Gasteiger partial charge on any atom is 0.407 e. The lowest BCUT2D eigenvalue weighted by Crippen LogP contribution is -2.44. The zero-order chi connectivity index (χ0) is 24.2. The minimum atomic E-state index is -0.811. The third-order valence-corrected chi connectivity index (χ3v) is 7.00. The van der Waals surface area contributed by atoms with Crippen molar-refractivity contribution in [3.8, 4) is 11.1 Å². The van der Waals surface area contributed by atoms with Crippen LogP contribution < -0.4 is 10.6 Å². The van der Waals surface area contributed by atoms with E-state index in [1.807, 2.05) is 38.1 Å². The molecule has 7 nitrogen and oxygen atoms in total. The number of nitrogens with one attached hydrogen (secondary N) is 2. The number of carboxylic acids is 1. The highest BCUT2D eigenvalue weighted by molar-refractivity contribution is 5.80. The van der Waals surface area contributed by atoms with Gasteiger partial charge in [0.2, 0.25) is 5.91 Å². The minimum Gasteiger partial charge on any atom is -0.481 e. The molecule has 4 rings (SSSR count). The molecule has 0 saturated heterocycles. The van der Waals surface area contributed by atoms with E-state index in [1.165, 1.54) is 11.1 Å². The number of amides is 2. The fraction of sp³-hybridized carbons (Fsp3) is 0.444. The van der Waals surface area contributed by atoms with Crippen LogP contribution in [0, 0.1) is 11.8 Å². The van der Waals surface area contributed by atoms with Gasteiger partial charge in [-0.2, -0.15) is 0 Å². The van der Waals surface area contributed by atoms with Gasteiger partial charge in [-0.25, -0.2) is 4.79 Å². The highest BCUT2D eigenvalue weighted by atomic mass is 16.5. The van der Waals surface area contributed by atoms with Crippen molar-refractivity contribution in [3.63, 3.8) is 0 Å². The van der Waals surface area contributed by atoms with Crippen LogP contribution in [0.4, 0.5) is 4.79 Å². The summed E-state index contributed by atoms with van der Waals surface area (Å²) in [5.74, 6) is -1.39. The largest absolute Gasteiger partial charge is 0.481 e. The van der Waals surface area contributed by atoms with Crippen LogP contribution in [0.5, 0.6) is 0 Å². The lowest BCUT2D eigenvalue weighted by Gasteiger charge is -2.23. The van der Waals surface area contributed by atoms with Crippen molar-refractivity contribution in [1.29, 1.82) is 0 Å². The van der Waals surface area contributed by atoms with Gasteiger partial charge in [0.25, 0.3) is 0 Å². The Morgan fingerprint density at radius 1 is 1.00 bits per heavy atom. The van der Waals surface area contributed by atoms with Crippen LogP contribution in [0.15, 0.2) is 48.5 Å². The lowest BCUT2D eigenvalue weighted by molar-refractivity contribution is -0.141. The molecule has 1 fully saturated rings. The molecule has 34 heavy (non-hydrogen) atoms. The number of carboxylic acid groups (broad SMARTS) is 1. The van der Waals surface area contributed by atoms with Crippen molar-refractivity contribution in [2.45, 2.75) is 57.5 Å². The van der Waals surface area contributed by atoms with Crippen LogP contribution >= 0.6 is 0 Å². The van der Waals surface area contributed by atoms with Crippen LogP contribution in [0.2, 0.25) is 0 Å². The molecule has 0 spiro atoms. The summed E-state index contributed by atoms with van der Waals surface area (Å²) in [6.45, 7) is 4.10. The first-order valence-electron chi connectivity index (χ1n) is 12.0. The van der Waals surface area contributed by atoms with Gasteiger partial charge in [0.05, 0.1) is 5.92 Å². The number of fused-ring (bicyclic) bond motifs is 3. The fourth-order valence-corrected chi connectivity index (χ4v) is 5.07. The lowest BCUT2D eigenvalue weighted by atomic mass is 9.98. The van der Waals surface area contributed by atoms with Gasteiger partial charge in [-0.1, -0.05) is 62.4 Å². The zero-order valence-electron chi connectivity index (χ0n) is 19.6. The zero-order valence-corrected chi connectivity index (χ0v) is 19.6. The van der Waals surface area contributed by atoms with Gasteiger partial charge in [0, 0.05) is 24.4 Å². The molecule has 180 valence electrons. The Bertz CT molecular complexity index is 1020. The van der Waals surface area contributed by atoms with E-state index in [4.69, 9.17) is 9.84 Å². The third-order valence-electron chi connectivity index (χ3n) is 7.00. The van der Waals surface area contributed by atoms with Crippen LogP contribution in [0.1, 0.15) is 56.6 Å². The Balaban J connectivity index is 1.32. The van der Waals surface area contributed by atoms with E-state index < -0.39 is 18.0 Å². The molecule has 2 unspecified atom stereocenters. The molecule has 3 atom stereocenters. The first-order valence-corrected chi connectivity index (χ1v) is 12.0. The first-order chi connectivity index (χ1) is 16.3. The minimum absolute atomic E-state index is 0.0245. The summed E-state index contributed by atoms with van der Waals surface area (Å²) in [5.41, 5.74) is 4.63. The van der Waals surface area contributed by atoms with Crippen molar-refractivity contribution in [2.75, 3.05) is 6.61 Å². The number of hydrogen-bond donors (Lipinski definition) is 3. The van der Waals surface area contributed by atoms with Gasteiger partial charge in [-0.05, 0) is 47.4 Å². The van der Waals surface area contributed by atoms with E-state index in [0.29, 0.717) is 19.3 Å². The predicted octanol–water partition coefficient (Wildman–Crippen LogP) is 4.31. The average molecular weight is 465 g/mol. The molecule has 0 heterocycles. The Labute approximate surface area is 199 Å². The number of rotatable bonds is 8. The van der Waals surface area contributed by atoms with Crippen LogP contribution in [-0.2, 0) is 14.3 Å². The topological polar surface area (TPSA) is 105 Å². The predicted molar refractivity (Wildman–Crippen MR) is 128 cm³/mol. The van der Waals surface area contributed by atoms with E-state index in [9.17, 15) is 14.4 Å². The number of hydrogen-bond acceptors (Lipinski definition) is 4. The molecule has 2 aromatic rings. The summed E-state index contributed by atoms with van der Waals surface area (Å²) >= 11 is 0. The Hall–Kier alpha value is -3.35. The van der Waals surface area contributed by atoms with Gasteiger partial charge in [0.15, 0.2) is 0 Å².